The number of halogens is 1. The van der Waals surface area contributed by atoms with Crippen molar-refractivity contribution in [1.29, 1.82) is 0 Å². The van der Waals surface area contributed by atoms with Gasteiger partial charge in [-0.2, -0.15) is 0 Å². The molecule has 2 aromatic rings. The van der Waals surface area contributed by atoms with Gasteiger partial charge in [-0.25, -0.2) is 0 Å². The number of aryl methyl sites for hydroxylation is 1. The summed E-state index contributed by atoms with van der Waals surface area (Å²) in [5.41, 5.74) is 3.19. The lowest BCUT2D eigenvalue weighted by Gasteiger charge is -2.12. The van der Waals surface area contributed by atoms with Crippen LogP contribution in [0.5, 0.6) is 11.5 Å². The fourth-order valence-corrected chi connectivity index (χ4v) is 3.25. The Morgan fingerprint density at radius 3 is 2.56 bits per heavy atom. The maximum absolute atomic E-state index is 12.3. The summed E-state index contributed by atoms with van der Waals surface area (Å²) in [6.07, 6.45) is 5.10. The van der Waals surface area contributed by atoms with E-state index in [4.69, 9.17) is 21.1 Å². The molecule has 0 aromatic heterocycles. The van der Waals surface area contributed by atoms with E-state index in [0.717, 1.165) is 29.0 Å². The summed E-state index contributed by atoms with van der Waals surface area (Å²) in [6.45, 7) is 0. The molecule has 130 valence electrons. The summed E-state index contributed by atoms with van der Waals surface area (Å²) in [7, 11) is 3.19. The summed E-state index contributed by atoms with van der Waals surface area (Å²) in [4.78, 5) is 12.3. The van der Waals surface area contributed by atoms with E-state index in [2.05, 4.69) is 5.32 Å². The molecular weight excluding hydrogens is 338 g/mol. The summed E-state index contributed by atoms with van der Waals surface area (Å²) < 4.78 is 10.5. The maximum atomic E-state index is 12.3. The monoisotopic (exact) mass is 357 g/mol. The number of carbonyl (C=O) groups is 1. The molecule has 0 radical (unpaired) electrons. The number of amides is 1. The molecule has 0 aliphatic heterocycles. The van der Waals surface area contributed by atoms with Gasteiger partial charge in [0.1, 0.15) is 11.5 Å². The van der Waals surface area contributed by atoms with Crippen LogP contribution in [0.25, 0.3) is 6.08 Å². The van der Waals surface area contributed by atoms with Gasteiger partial charge in [0.25, 0.3) is 0 Å². The van der Waals surface area contributed by atoms with Gasteiger partial charge in [-0.1, -0.05) is 17.7 Å². The highest BCUT2D eigenvalue weighted by Gasteiger charge is 2.23. The number of rotatable bonds is 5. The molecular formula is C20H20ClNO3. The number of benzene rings is 2. The molecule has 4 nitrogen and oxygen atoms in total. The molecule has 5 heteroatoms. The molecule has 1 aliphatic carbocycles. The Hall–Kier alpha value is -2.46. The largest absolute Gasteiger partial charge is 0.497 e. The zero-order valence-corrected chi connectivity index (χ0v) is 15.0. The molecule has 0 spiro atoms. The fraction of sp³-hybridized carbons (Fsp3) is 0.250. The van der Waals surface area contributed by atoms with Crippen LogP contribution < -0.4 is 14.8 Å². The van der Waals surface area contributed by atoms with E-state index in [1.54, 1.807) is 26.4 Å². The van der Waals surface area contributed by atoms with Gasteiger partial charge in [-0.05, 0) is 59.9 Å². The average molecular weight is 358 g/mol. The first-order valence-electron chi connectivity index (χ1n) is 8.09. The molecule has 1 N–H and O–H groups in total. The summed E-state index contributed by atoms with van der Waals surface area (Å²) >= 11 is 6.02. The number of fused-ring (bicyclic) bond motifs is 1. The minimum atomic E-state index is -0.130. The molecule has 1 unspecified atom stereocenters. The molecule has 1 amide bonds. The van der Waals surface area contributed by atoms with Gasteiger partial charge in [0, 0.05) is 17.2 Å². The van der Waals surface area contributed by atoms with Crippen LogP contribution in [0.3, 0.4) is 0 Å². The highest BCUT2D eigenvalue weighted by Crippen LogP contribution is 2.32. The SMILES string of the molecule is COc1cc(/C=C/C(=O)NC2CCc3cc(Cl)ccc32)cc(OC)c1. The zero-order valence-electron chi connectivity index (χ0n) is 14.2. The first-order chi connectivity index (χ1) is 12.1. The van der Waals surface area contributed by atoms with Crippen molar-refractivity contribution < 1.29 is 14.3 Å². The van der Waals surface area contributed by atoms with Crippen LogP contribution in [-0.4, -0.2) is 20.1 Å². The first-order valence-corrected chi connectivity index (χ1v) is 8.47. The van der Waals surface area contributed by atoms with Crippen molar-refractivity contribution in [1.82, 2.24) is 5.32 Å². The second-order valence-electron chi connectivity index (χ2n) is 5.92. The van der Waals surface area contributed by atoms with Crippen molar-refractivity contribution in [2.24, 2.45) is 0 Å². The predicted molar refractivity (Wildman–Crippen MR) is 99.2 cm³/mol. The third-order valence-corrected chi connectivity index (χ3v) is 4.54. The minimum Gasteiger partial charge on any atom is -0.497 e. The van der Waals surface area contributed by atoms with Crippen LogP contribution in [0.1, 0.15) is 29.2 Å². The first kappa shape index (κ1) is 17.4. The van der Waals surface area contributed by atoms with E-state index in [1.807, 2.05) is 30.3 Å². The van der Waals surface area contributed by atoms with Gasteiger partial charge < -0.3 is 14.8 Å². The number of nitrogens with one attached hydrogen (secondary N) is 1. The van der Waals surface area contributed by atoms with Crippen molar-refractivity contribution in [3.8, 4) is 11.5 Å². The molecule has 2 aromatic carbocycles. The highest BCUT2D eigenvalue weighted by atomic mass is 35.5. The molecule has 0 heterocycles. The van der Waals surface area contributed by atoms with Gasteiger partial charge in [0.15, 0.2) is 0 Å². The Morgan fingerprint density at radius 1 is 1.16 bits per heavy atom. The Labute approximate surface area is 152 Å². The van der Waals surface area contributed by atoms with Gasteiger partial charge in [0.2, 0.25) is 5.91 Å². The lowest BCUT2D eigenvalue weighted by molar-refractivity contribution is -0.117. The normalized spacial score (nSPS) is 15.9. The lowest BCUT2D eigenvalue weighted by atomic mass is 10.1. The van der Waals surface area contributed by atoms with Crippen LogP contribution in [0.4, 0.5) is 0 Å². The number of ether oxygens (including phenoxy) is 2. The number of carbonyl (C=O) groups excluding carboxylic acids is 1. The summed E-state index contributed by atoms with van der Waals surface area (Å²) in [5.74, 6) is 1.23. The second kappa shape index (κ2) is 7.62. The van der Waals surface area contributed by atoms with Crippen molar-refractivity contribution >= 4 is 23.6 Å². The quantitative estimate of drug-likeness (QED) is 0.817. The smallest absolute Gasteiger partial charge is 0.244 e. The van der Waals surface area contributed by atoms with Gasteiger partial charge in [0.05, 0.1) is 20.3 Å². The van der Waals surface area contributed by atoms with E-state index < -0.39 is 0 Å². The average Bonchev–Trinajstić information content (AvgIpc) is 3.01. The van der Waals surface area contributed by atoms with E-state index in [0.29, 0.717) is 11.5 Å². The highest BCUT2D eigenvalue weighted by molar-refractivity contribution is 6.30. The zero-order chi connectivity index (χ0) is 17.8. The van der Waals surface area contributed by atoms with Crippen LogP contribution in [0, 0.1) is 0 Å². The lowest BCUT2D eigenvalue weighted by Crippen LogP contribution is -2.25. The van der Waals surface area contributed by atoms with E-state index in [1.165, 1.54) is 11.6 Å². The number of hydrogen-bond acceptors (Lipinski definition) is 3. The third-order valence-electron chi connectivity index (χ3n) is 4.30. The second-order valence-corrected chi connectivity index (χ2v) is 6.36. The topological polar surface area (TPSA) is 47.6 Å². The van der Waals surface area contributed by atoms with Gasteiger partial charge in [-0.15, -0.1) is 0 Å². The van der Waals surface area contributed by atoms with Crippen LogP contribution in [-0.2, 0) is 11.2 Å². The van der Waals surface area contributed by atoms with Crippen molar-refractivity contribution in [2.75, 3.05) is 14.2 Å². The minimum absolute atomic E-state index is 0.0317. The van der Waals surface area contributed by atoms with Crippen LogP contribution in [0.15, 0.2) is 42.5 Å². The predicted octanol–water partition coefficient (Wildman–Crippen LogP) is 4.17. The Morgan fingerprint density at radius 2 is 1.88 bits per heavy atom. The number of hydrogen-bond donors (Lipinski definition) is 1. The van der Waals surface area contributed by atoms with Crippen molar-refractivity contribution in [2.45, 2.75) is 18.9 Å². The third kappa shape index (κ3) is 4.15. The van der Waals surface area contributed by atoms with Crippen molar-refractivity contribution in [3.63, 3.8) is 0 Å². The Balaban J connectivity index is 1.69. The van der Waals surface area contributed by atoms with Gasteiger partial charge >= 0.3 is 0 Å². The van der Waals surface area contributed by atoms with Crippen molar-refractivity contribution in [3.05, 3.63) is 64.2 Å². The standard InChI is InChI=1S/C20H20ClNO3/c1-24-16-9-13(10-17(12-16)25-2)3-8-20(23)22-19-7-4-14-11-15(21)5-6-18(14)19/h3,5-6,8-12,19H,4,7H2,1-2H3,(H,22,23)/b8-3+. The van der Waals surface area contributed by atoms with Gasteiger partial charge in [-0.3, -0.25) is 4.79 Å². The molecule has 0 fully saturated rings. The van der Waals surface area contributed by atoms with E-state index in [-0.39, 0.29) is 11.9 Å². The van der Waals surface area contributed by atoms with E-state index in [9.17, 15) is 4.79 Å². The summed E-state index contributed by atoms with van der Waals surface area (Å²) in [6, 6.07) is 11.3. The summed E-state index contributed by atoms with van der Waals surface area (Å²) in [5, 5.41) is 3.78. The molecule has 1 aliphatic rings. The molecule has 25 heavy (non-hydrogen) atoms. The Kier molecular flexibility index (Phi) is 5.29. The van der Waals surface area contributed by atoms with Crippen LogP contribution >= 0.6 is 11.6 Å². The molecule has 0 saturated heterocycles. The van der Waals surface area contributed by atoms with Crippen LogP contribution in [0.2, 0.25) is 5.02 Å². The Bertz CT molecular complexity index is 794. The maximum Gasteiger partial charge on any atom is 0.244 e. The molecule has 0 bridgehead atoms. The molecule has 3 rings (SSSR count). The molecule has 1 atom stereocenters. The fourth-order valence-electron chi connectivity index (χ4n) is 3.05. The van der Waals surface area contributed by atoms with E-state index >= 15 is 0 Å². The molecule has 0 saturated carbocycles. The number of methoxy groups -OCH3 is 2.